The van der Waals surface area contributed by atoms with Crippen molar-refractivity contribution >= 4 is 28.3 Å². The highest BCUT2D eigenvalue weighted by molar-refractivity contribution is 6.09. The summed E-state index contributed by atoms with van der Waals surface area (Å²) in [5.41, 5.74) is 4.48. The van der Waals surface area contributed by atoms with E-state index in [0.717, 1.165) is 31.7 Å². The average Bonchev–Trinajstić information content (AvgIpc) is 3.61. The van der Waals surface area contributed by atoms with Crippen molar-refractivity contribution < 1.29 is 14.7 Å². The maximum atomic E-state index is 13.3. The second-order valence-electron chi connectivity index (χ2n) is 8.54. The summed E-state index contributed by atoms with van der Waals surface area (Å²) >= 11 is 0. The lowest BCUT2D eigenvalue weighted by Crippen LogP contribution is -2.49. The van der Waals surface area contributed by atoms with E-state index in [2.05, 4.69) is 35.1 Å². The molecule has 2 aromatic heterocycles. The number of hydrogen-bond donors (Lipinski definition) is 3. The van der Waals surface area contributed by atoms with Crippen molar-refractivity contribution in [2.75, 3.05) is 39.8 Å². The van der Waals surface area contributed by atoms with Crippen LogP contribution in [0.4, 0.5) is 5.69 Å². The average molecular weight is 489 g/mol. The van der Waals surface area contributed by atoms with Crippen LogP contribution in [0, 0.1) is 0 Å². The maximum absolute atomic E-state index is 13.3. The Morgan fingerprint density at radius 3 is 2.64 bits per heavy atom. The van der Waals surface area contributed by atoms with Crippen LogP contribution in [-0.2, 0) is 6.54 Å². The number of amidine groups is 1. The molecule has 11 heteroatoms. The van der Waals surface area contributed by atoms with Crippen LogP contribution in [0.25, 0.3) is 10.9 Å². The number of hydrogen-bond acceptors (Lipinski definition) is 7. The topological polar surface area (TPSA) is 124 Å². The van der Waals surface area contributed by atoms with Gasteiger partial charge in [-0.05, 0) is 42.5 Å². The van der Waals surface area contributed by atoms with Crippen molar-refractivity contribution in [3.63, 3.8) is 0 Å². The molecule has 1 fully saturated rings. The van der Waals surface area contributed by atoms with E-state index >= 15 is 0 Å². The second kappa shape index (κ2) is 10.6. The third-order valence-electron chi connectivity index (χ3n) is 6.35. The highest BCUT2D eigenvalue weighted by Crippen LogP contribution is 2.22. The summed E-state index contributed by atoms with van der Waals surface area (Å²) in [6, 6.07) is 12.5. The first-order chi connectivity index (χ1) is 17.6. The number of nitrogens with one attached hydrogen (secondary N) is 2. The van der Waals surface area contributed by atoms with Gasteiger partial charge in [-0.15, -0.1) is 0 Å². The highest BCUT2D eigenvalue weighted by atomic mass is 16.5. The molecule has 0 atom stereocenters. The molecule has 0 bridgehead atoms. The number of benzene rings is 2. The summed E-state index contributed by atoms with van der Waals surface area (Å²) in [4.78, 5) is 26.1. The Kier molecular flexibility index (Phi) is 6.92. The molecule has 0 unspecified atom stereocenters. The number of imidazole rings is 1. The number of aromatic nitrogens is 4. The monoisotopic (exact) mass is 488 g/mol. The number of amides is 1. The fourth-order valence-electron chi connectivity index (χ4n) is 4.28. The van der Waals surface area contributed by atoms with Gasteiger partial charge in [0.05, 0.1) is 24.6 Å². The van der Waals surface area contributed by atoms with E-state index in [1.807, 2.05) is 23.5 Å². The van der Waals surface area contributed by atoms with Gasteiger partial charge in [0.1, 0.15) is 11.4 Å². The number of piperazine rings is 1. The molecule has 0 aliphatic carbocycles. The largest absolute Gasteiger partial charge is 0.497 e. The summed E-state index contributed by atoms with van der Waals surface area (Å²) in [6.45, 7) is 4.79. The van der Waals surface area contributed by atoms with Crippen LogP contribution in [0.5, 0.6) is 5.75 Å². The van der Waals surface area contributed by atoms with E-state index in [0.29, 0.717) is 41.2 Å². The first kappa shape index (κ1) is 23.5. The molecule has 0 spiro atoms. The van der Waals surface area contributed by atoms with Crippen LogP contribution in [-0.4, -0.2) is 86.3 Å². The first-order valence-corrected chi connectivity index (χ1v) is 11.7. The van der Waals surface area contributed by atoms with Crippen LogP contribution < -0.4 is 10.2 Å². The number of H-pyrrole nitrogens is 1. The Morgan fingerprint density at radius 2 is 1.94 bits per heavy atom. The number of hydroxylamine groups is 1. The summed E-state index contributed by atoms with van der Waals surface area (Å²) < 4.78 is 7.23. The third kappa shape index (κ3) is 5.07. The van der Waals surface area contributed by atoms with Gasteiger partial charge >= 0.3 is 0 Å². The Morgan fingerprint density at radius 1 is 1.14 bits per heavy atom. The lowest BCUT2D eigenvalue weighted by Gasteiger charge is -2.34. The zero-order valence-electron chi connectivity index (χ0n) is 20.0. The van der Waals surface area contributed by atoms with Gasteiger partial charge in [-0.25, -0.2) is 9.98 Å². The number of nitrogens with zero attached hydrogens (tertiary/aromatic N) is 6. The van der Waals surface area contributed by atoms with E-state index in [4.69, 9.17) is 4.74 Å². The molecule has 186 valence electrons. The quantitative estimate of drug-likeness (QED) is 0.207. The van der Waals surface area contributed by atoms with Crippen molar-refractivity contribution in [2.24, 2.45) is 4.99 Å². The zero-order valence-corrected chi connectivity index (χ0v) is 20.0. The van der Waals surface area contributed by atoms with E-state index in [1.165, 1.54) is 0 Å². The molecular formula is C25H28N8O3. The summed E-state index contributed by atoms with van der Waals surface area (Å²) in [5, 5.41) is 17.7. The Bertz CT molecular complexity index is 1340. The van der Waals surface area contributed by atoms with E-state index in [-0.39, 0.29) is 11.7 Å². The van der Waals surface area contributed by atoms with E-state index in [1.54, 1.807) is 49.7 Å². The second-order valence-corrected chi connectivity index (χ2v) is 8.54. The van der Waals surface area contributed by atoms with Gasteiger partial charge in [0.15, 0.2) is 5.84 Å². The molecule has 11 nitrogen and oxygen atoms in total. The molecule has 3 N–H and O–H groups in total. The van der Waals surface area contributed by atoms with Crippen LogP contribution in [0.3, 0.4) is 0 Å². The minimum absolute atomic E-state index is 0.0242. The number of carbonyl (C=O) groups excluding carboxylic acids is 1. The Labute approximate surface area is 208 Å². The fourth-order valence-corrected chi connectivity index (χ4v) is 4.28. The molecule has 1 saturated heterocycles. The number of aliphatic imine (C=N–C) groups is 1. The van der Waals surface area contributed by atoms with Gasteiger partial charge in [0.25, 0.3) is 5.91 Å². The fraction of sp³-hybridized carbons (Fsp3) is 0.280. The number of rotatable bonds is 7. The molecule has 2 aromatic carbocycles. The van der Waals surface area contributed by atoms with Crippen LogP contribution in [0.15, 0.2) is 66.2 Å². The summed E-state index contributed by atoms with van der Waals surface area (Å²) in [5.74, 6) is 0.853. The Hall–Kier alpha value is -4.22. The molecule has 1 amide bonds. The van der Waals surface area contributed by atoms with Crippen molar-refractivity contribution in [1.82, 2.24) is 35.0 Å². The van der Waals surface area contributed by atoms with Crippen molar-refractivity contribution in [2.45, 2.75) is 6.54 Å². The molecule has 36 heavy (non-hydrogen) atoms. The van der Waals surface area contributed by atoms with Crippen LogP contribution in [0.1, 0.15) is 16.1 Å². The first-order valence-electron chi connectivity index (χ1n) is 11.7. The van der Waals surface area contributed by atoms with Gasteiger partial charge in [0, 0.05) is 62.6 Å². The van der Waals surface area contributed by atoms with Gasteiger partial charge < -0.3 is 14.2 Å². The van der Waals surface area contributed by atoms with Crippen molar-refractivity contribution in [3.05, 3.63) is 72.4 Å². The van der Waals surface area contributed by atoms with Crippen LogP contribution in [0.2, 0.25) is 0 Å². The number of fused-ring (bicyclic) bond motifs is 1. The minimum Gasteiger partial charge on any atom is -0.497 e. The molecule has 0 saturated carbocycles. The predicted octanol–water partition coefficient (Wildman–Crippen LogP) is 2.28. The van der Waals surface area contributed by atoms with Crippen LogP contribution >= 0.6 is 0 Å². The SMILES string of the molecule is COc1ccc(N=C(NO)c2n[nH]c3ccc(C(=O)N4CCN(CCn5ccnc5)CC4)cc23)cc1. The highest BCUT2D eigenvalue weighted by Gasteiger charge is 2.23. The molecule has 1 aliphatic heterocycles. The number of carbonyl (C=O) groups is 1. The molecule has 4 aromatic rings. The zero-order chi connectivity index (χ0) is 24.9. The summed E-state index contributed by atoms with van der Waals surface area (Å²) in [7, 11) is 1.59. The van der Waals surface area contributed by atoms with Gasteiger partial charge in [0.2, 0.25) is 0 Å². The van der Waals surface area contributed by atoms with Gasteiger partial charge in [-0.2, -0.15) is 5.10 Å². The van der Waals surface area contributed by atoms with E-state index in [9.17, 15) is 10.0 Å². The maximum Gasteiger partial charge on any atom is 0.253 e. The number of ether oxygens (including phenoxy) is 1. The number of aromatic amines is 1. The van der Waals surface area contributed by atoms with Gasteiger partial charge in [-0.1, -0.05) is 0 Å². The lowest BCUT2D eigenvalue weighted by molar-refractivity contribution is 0.0633. The molecular weight excluding hydrogens is 460 g/mol. The molecule has 1 aliphatic rings. The van der Waals surface area contributed by atoms with Gasteiger partial charge in [-0.3, -0.25) is 25.5 Å². The molecule has 5 rings (SSSR count). The lowest BCUT2D eigenvalue weighted by atomic mass is 10.1. The van der Waals surface area contributed by atoms with Crippen molar-refractivity contribution in [3.8, 4) is 5.75 Å². The van der Waals surface area contributed by atoms with E-state index < -0.39 is 0 Å². The summed E-state index contributed by atoms with van der Waals surface area (Å²) in [6.07, 6.45) is 5.56. The predicted molar refractivity (Wildman–Crippen MR) is 135 cm³/mol. The minimum atomic E-state index is -0.0242. The third-order valence-corrected chi connectivity index (χ3v) is 6.35. The smallest absolute Gasteiger partial charge is 0.253 e. The molecule has 0 radical (unpaired) electrons. The number of methoxy groups -OCH3 is 1. The van der Waals surface area contributed by atoms with Crippen molar-refractivity contribution in [1.29, 1.82) is 0 Å². The normalized spacial score (nSPS) is 14.8. The standard InChI is InChI=1S/C25H28N8O3/c1-36-20-5-3-19(4-6-20)27-24(30-35)23-21-16-18(2-7-22(21)28-29-23)25(34)33-14-12-31(13-15-33)10-11-32-9-8-26-17-32/h2-9,16-17,35H,10-15H2,1H3,(H,27,30)(H,28,29). The molecule has 3 heterocycles. The Balaban J connectivity index is 1.29.